The van der Waals surface area contributed by atoms with Crippen molar-refractivity contribution in [3.63, 3.8) is 0 Å². The highest BCUT2D eigenvalue weighted by molar-refractivity contribution is 5.69. The molecule has 0 spiro atoms. The summed E-state index contributed by atoms with van der Waals surface area (Å²) in [5.74, 6) is 0.743. The molecule has 1 aliphatic rings. The van der Waals surface area contributed by atoms with Crippen LogP contribution in [-0.4, -0.2) is 6.61 Å². The van der Waals surface area contributed by atoms with Crippen LogP contribution in [0.1, 0.15) is 30.9 Å². The van der Waals surface area contributed by atoms with E-state index in [-0.39, 0.29) is 0 Å². The van der Waals surface area contributed by atoms with E-state index in [1.54, 1.807) is 0 Å². The highest BCUT2D eigenvalue weighted by Gasteiger charge is 2.13. The van der Waals surface area contributed by atoms with E-state index in [4.69, 9.17) is 10.5 Å². The van der Waals surface area contributed by atoms with Crippen molar-refractivity contribution in [3.05, 3.63) is 47.5 Å². The van der Waals surface area contributed by atoms with E-state index in [0.717, 1.165) is 17.9 Å². The van der Waals surface area contributed by atoms with Crippen LogP contribution < -0.4 is 15.8 Å². The maximum atomic E-state index is 5.93. The van der Waals surface area contributed by atoms with E-state index < -0.39 is 0 Å². The molecule has 2 aromatic rings. The summed E-state index contributed by atoms with van der Waals surface area (Å²) in [6, 6.07) is 12.4. The molecule has 1 aliphatic carbocycles. The van der Waals surface area contributed by atoms with Gasteiger partial charge in [0.1, 0.15) is 5.75 Å². The number of nitrogen functional groups attached to an aromatic ring is 1. The average Bonchev–Trinajstić information content (AvgIpc) is 2.51. The van der Waals surface area contributed by atoms with E-state index in [9.17, 15) is 0 Å². The molecule has 0 aliphatic heterocycles. The molecule has 0 saturated carbocycles. The van der Waals surface area contributed by atoms with Crippen LogP contribution in [0.2, 0.25) is 0 Å². The smallest absolute Gasteiger partial charge is 0.144 e. The molecule has 0 aromatic heterocycles. The van der Waals surface area contributed by atoms with E-state index in [2.05, 4.69) is 23.5 Å². The lowest BCUT2D eigenvalue weighted by Gasteiger charge is -2.20. The number of anilines is 3. The van der Waals surface area contributed by atoms with E-state index in [1.807, 2.05) is 25.1 Å². The molecular weight excluding hydrogens is 260 g/mol. The van der Waals surface area contributed by atoms with Crippen molar-refractivity contribution in [2.24, 2.45) is 0 Å². The molecule has 21 heavy (non-hydrogen) atoms. The highest BCUT2D eigenvalue weighted by Crippen LogP contribution is 2.32. The van der Waals surface area contributed by atoms with Gasteiger partial charge in [-0.3, -0.25) is 0 Å². The van der Waals surface area contributed by atoms with Gasteiger partial charge in [-0.25, -0.2) is 0 Å². The summed E-state index contributed by atoms with van der Waals surface area (Å²) in [6.45, 7) is 2.58. The van der Waals surface area contributed by atoms with Crippen molar-refractivity contribution in [2.45, 2.75) is 32.6 Å². The third-order valence-electron chi connectivity index (χ3n) is 3.99. The normalized spacial score (nSPS) is 13.6. The minimum atomic E-state index is 0.619. The van der Waals surface area contributed by atoms with Crippen LogP contribution in [0.25, 0.3) is 0 Å². The molecule has 0 radical (unpaired) electrons. The minimum absolute atomic E-state index is 0.619. The third-order valence-corrected chi connectivity index (χ3v) is 3.99. The van der Waals surface area contributed by atoms with Crippen LogP contribution in [0.15, 0.2) is 36.4 Å². The second-order valence-electron chi connectivity index (χ2n) is 5.46. The van der Waals surface area contributed by atoms with Gasteiger partial charge < -0.3 is 15.8 Å². The largest absolute Gasteiger partial charge is 0.492 e. The monoisotopic (exact) mass is 282 g/mol. The predicted octanol–water partition coefficient (Wildman–Crippen LogP) is 4.29. The zero-order valence-corrected chi connectivity index (χ0v) is 12.5. The third kappa shape index (κ3) is 2.97. The molecule has 0 amide bonds. The number of hydrogen-bond donors (Lipinski definition) is 2. The van der Waals surface area contributed by atoms with Crippen LogP contribution in [0.4, 0.5) is 17.1 Å². The van der Waals surface area contributed by atoms with Gasteiger partial charge in [-0.05, 0) is 61.9 Å². The topological polar surface area (TPSA) is 47.3 Å². The van der Waals surface area contributed by atoms with Crippen LogP contribution >= 0.6 is 0 Å². The molecule has 0 fully saturated rings. The summed E-state index contributed by atoms with van der Waals surface area (Å²) in [6.07, 6.45) is 4.92. The predicted molar refractivity (Wildman–Crippen MR) is 88.4 cm³/mol. The van der Waals surface area contributed by atoms with Gasteiger partial charge in [0, 0.05) is 17.4 Å². The molecule has 0 unspecified atom stereocenters. The summed E-state index contributed by atoms with van der Waals surface area (Å²) in [5.41, 5.74) is 11.8. The van der Waals surface area contributed by atoms with Crippen LogP contribution in [0, 0.1) is 0 Å². The number of fused-ring (bicyclic) bond motifs is 1. The molecule has 0 saturated heterocycles. The molecule has 0 heterocycles. The zero-order valence-electron chi connectivity index (χ0n) is 12.5. The quantitative estimate of drug-likeness (QED) is 0.822. The molecule has 3 N–H and O–H groups in total. The first kappa shape index (κ1) is 13.8. The van der Waals surface area contributed by atoms with Gasteiger partial charge in [0.2, 0.25) is 0 Å². The Morgan fingerprint density at radius 2 is 2.00 bits per heavy atom. The minimum Gasteiger partial charge on any atom is -0.492 e. The van der Waals surface area contributed by atoms with Crippen molar-refractivity contribution >= 4 is 17.1 Å². The van der Waals surface area contributed by atoms with Gasteiger partial charge in [0.05, 0.1) is 12.3 Å². The van der Waals surface area contributed by atoms with Gasteiger partial charge in [0.15, 0.2) is 0 Å². The number of nitrogens with one attached hydrogen (secondary N) is 1. The highest BCUT2D eigenvalue weighted by atomic mass is 16.5. The van der Waals surface area contributed by atoms with Gasteiger partial charge in [0.25, 0.3) is 0 Å². The first-order chi connectivity index (χ1) is 10.3. The molecule has 110 valence electrons. The lowest BCUT2D eigenvalue weighted by molar-refractivity contribution is 0.342. The fourth-order valence-corrected chi connectivity index (χ4v) is 2.95. The second-order valence-corrected chi connectivity index (χ2v) is 5.46. The van der Waals surface area contributed by atoms with Gasteiger partial charge in [-0.1, -0.05) is 12.1 Å². The lowest BCUT2D eigenvalue weighted by Crippen LogP contribution is -2.06. The fraction of sp³-hybridized carbons (Fsp3) is 0.333. The number of rotatable bonds is 4. The van der Waals surface area contributed by atoms with Gasteiger partial charge >= 0.3 is 0 Å². The van der Waals surface area contributed by atoms with Crippen molar-refractivity contribution in [2.75, 3.05) is 17.7 Å². The number of nitrogens with two attached hydrogens (primary N) is 1. The van der Waals surface area contributed by atoms with E-state index >= 15 is 0 Å². The second kappa shape index (κ2) is 6.08. The summed E-state index contributed by atoms with van der Waals surface area (Å²) in [7, 11) is 0. The first-order valence-electron chi connectivity index (χ1n) is 7.68. The van der Waals surface area contributed by atoms with Crippen molar-refractivity contribution in [1.82, 2.24) is 0 Å². The summed E-state index contributed by atoms with van der Waals surface area (Å²) >= 11 is 0. The molecule has 3 rings (SSSR count). The Bertz CT molecular complexity index is 637. The Kier molecular flexibility index (Phi) is 4.00. The fourth-order valence-electron chi connectivity index (χ4n) is 2.95. The van der Waals surface area contributed by atoms with Crippen molar-refractivity contribution in [3.8, 4) is 5.75 Å². The number of ether oxygens (including phenoxy) is 1. The van der Waals surface area contributed by atoms with Crippen LogP contribution in [0.3, 0.4) is 0 Å². The Labute approximate surface area is 126 Å². The molecule has 3 nitrogen and oxygen atoms in total. The van der Waals surface area contributed by atoms with E-state index in [1.165, 1.54) is 36.1 Å². The molecular formula is C18H22N2O. The SMILES string of the molecule is CCOc1cc(Nc2cccc3c2CCCC3)ccc1N. The molecule has 0 atom stereocenters. The van der Waals surface area contributed by atoms with Crippen LogP contribution in [-0.2, 0) is 12.8 Å². The summed E-state index contributed by atoms with van der Waals surface area (Å²) < 4.78 is 5.56. The van der Waals surface area contributed by atoms with Crippen molar-refractivity contribution in [1.29, 1.82) is 0 Å². The van der Waals surface area contributed by atoms with E-state index in [0.29, 0.717) is 12.3 Å². The van der Waals surface area contributed by atoms with Crippen molar-refractivity contribution < 1.29 is 4.74 Å². The number of aryl methyl sites for hydroxylation is 1. The molecule has 2 aromatic carbocycles. The Hall–Kier alpha value is -2.16. The Morgan fingerprint density at radius 1 is 1.14 bits per heavy atom. The Balaban J connectivity index is 1.88. The Morgan fingerprint density at radius 3 is 2.86 bits per heavy atom. The summed E-state index contributed by atoms with van der Waals surface area (Å²) in [4.78, 5) is 0. The molecule has 3 heteroatoms. The van der Waals surface area contributed by atoms with Gasteiger partial charge in [-0.15, -0.1) is 0 Å². The standard InChI is InChI=1S/C18H22N2O/c1-2-21-18-12-14(10-11-16(18)19)20-17-9-5-7-13-6-3-4-8-15(13)17/h5,7,9-12,20H,2-4,6,8,19H2,1H3. The lowest BCUT2D eigenvalue weighted by atomic mass is 9.90. The summed E-state index contributed by atoms with van der Waals surface area (Å²) in [5, 5.41) is 3.52. The van der Waals surface area contributed by atoms with Gasteiger partial charge in [-0.2, -0.15) is 0 Å². The first-order valence-corrected chi connectivity index (χ1v) is 7.68. The maximum Gasteiger partial charge on any atom is 0.144 e. The van der Waals surface area contributed by atoms with Crippen LogP contribution in [0.5, 0.6) is 5.75 Å². The number of benzene rings is 2. The zero-order chi connectivity index (χ0) is 14.7. The average molecular weight is 282 g/mol. The molecule has 0 bridgehead atoms. The maximum absolute atomic E-state index is 5.93. The number of hydrogen-bond acceptors (Lipinski definition) is 3.